The van der Waals surface area contributed by atoms with E-state index in [0.29, 0.717) is 5.82 Å². The van der Waals surface area contributed by atoms with Crippen molar-refractivity contribution in [2.24, 2.45) is 0 Å². The fraction of sp³-hybridized carbons (Fsp3) is 0.526. The van der Waals surface area contributed by atoms with E-state index in [9.17, 15) is 0 Å². The summed E-state index contributed by atoms with van der Waals surface area (Å²) >= 11 is 0. The minimum Gasteiger partial charge on any atom is -0.384 e. The Morgan fingerprint density at radius 1 is 1.08 bits per heavy atom. The lowest BCUT2D eigenvalue weighted by Gasteiger charge is -2.32. The summed E-state index contributed by atoms with van der Waals surface area (Å²) in [4.78, 5) is 4.89. The second-order valence-electron chi connectivity index (χ2n) is 7.87. The van der Waals surface area contributed by atoms with Gasteiger partial charge in [0.25, 0.3) is 0 Å². The summed E-state index contributed by atoms with van der Waals surface area (Å²) < 4.78 is 1.86. The van der Waals surface area contributed by atoms with Crippen LogP contribution in [0, 0.1) is 0 Å². The van der Waals surface area contributed by atoms with Gasteiger partial charge in [0.1, 0.15) is 5.82 Å². The van der Waals surface area contributed by atoms with Crippen LogP contribution in [0.1, 0.15) is 32.0 Å². The smallest absolute Gasteiger partial charge is 0.127 e. The van der Waals surface area contributed by atoms with Crippen molar-refractivity contribution in [1.82, 2.24) is 19.6 Å². The molecule has 0 atom stereocenters. The van der Waals surface area contributed by atoms with Crippen molar-refractivity contribution >= 4 is 5.82 Å². The molecule has 5 nitrogen and oxygen atoms in total. The molecular weight excluding hydrogens is 298 g/mol. The van der Waals surface area contributed by atoms with Gasteiger partial charge in [-0.2, -0.15) is 5.10 Å². The maximum absolute atomic E-state index is 6.20. The van der Waals surface area contributed by atoms with Gasteiger partial charge in [0.2, 0.25) is 0 Å². The number of hydrogen-bond acceptors (Lipinski definition) is 4. The first-order chi connectivity index (χ1) is 11.3. The molecular formula is C19H29N5. The van der Waals surface area contributed by atoms with Crippen molar-refractivity contribution in [3.8, 4) is 5.69 Å². The van der Waals surface area contributed by atoms with Crippen LogP contribution < -0.4 is 5.73 Å². The van der Waals surface area contributed by atoms with Crippen molar-refractivity contribution in [3.05, 3.63) is 41.6 Å². The van der Waals surface area contributed by atoms with Crippen LogP contribution in [0.15, 0.2) is 30.3 Å². The van der Waals surface area contributed by atoms with Crippen LogP contribution >= 0.6 is 0 Å². The molecule has 1 aliphatic heterocycles. The van der Waals surface area contributed by atoms with E-state index in [2.05, 4.69) is 61.9 Å². The molecule has 0 spiro atoms. The van der Waals surface area contributed by atoms with Crippen molar-refractivity contribution in [3.63, 3.8) is 0 Å². The molecule has 2 heterocycles. The Morgan fingerprint density at radius 2 is 1.79 bits per heavy atom. The molecule has 3 rings (SSSR count). The fourth-order valence-corrected chi connectivity index (χ4v) is 3.02. The number of nitrogens with zero attached hydrogens (tertiary/aromatic N) is 4. The van der Waals surface area contributed by atoms with E-state index in [-0.39, 0.29) is 5.41 Å². The molecule has 0 unspecified atom stereocenters. The SMILES string of the molecule is CN1CCN(Cc2cccc(-n3nc(C(C)(C)C)cc3N)c2)CC1. The van der Waals surface area contributed by atoms with Crippen molar-refractivity contribution in [2.75, 3.05) is 39.0 Å². The van der Waals surface area contributed by atoms with E-state index < -0.39 is 0 Å². The largest absolute Gasteiger partial charge is 0.384 e. The van der Waals surface area contributed by atoms with Gasteiger partial charge in [-0.1, -0.05) is 32.9 Å². The third-order valence-electron chi connectivity index (χ3n) is 4.66. The van der Waals surface area contributed by atoms with Gasteiger partial charge < -0.3 is 10.6 Å². The van der Waals surface area contributed by atoms with Crippen LogP contribution in [0.25, 0.3) is 5.69 Å². The van der Waals surface area contributed by atoms with E-state index in [1.54, 1.807) is 0 Å². The summed E-state index contributed by atoms with van der Waals surface area (Å²) in [5.74, 6) is 0.691. The predicted octanol–water partition coefficient (Wildman–Crippen LogP) is 2.50. The first-order valence-electron chi connectivity index (χ1n) is 8.69. The molecule has 1 aliphatic rings. The summed E-state index contributed by atoms with van der Waals surface area (Å²) in [6.45, 7) is 12.0. The Kier molecular flexibility index (Phi) is 4.65. The number of hydrogen-bond donors (Lipinski definition) is 1. The average Bonchev–Trinajstić information content (AvgIpc) is 2.92. The first kappa shape index (κ1) is 17.0. The number of anilines is 1. The van der Waals surface area contributed by atoms with Crippen LogP contribution in [0.5, 0.6) is 0 Å². The van der Waals surface area contributed by atoms with Crippen molar-refractivity contribution in [2.45, 2.75) is 32.7 Å². The third kappa shape index (κ3) is 3.79. The number of nitrogen functional groups attached to an aromatic ring is 1. The lowest BCUT2D eigenvalue weighted by atomic mass is 9.92. The molecule has 0 bridgehead atoms. The van der Waals surface area contributed by atoms with Gasteiger partial charge >= 0.3 is 0 Å². The molecule has 1 fully saturated rings. The monoisotopic (exact) mass is 327 g/mol. The Labute approximate surface area is 145 Å². The van der Waals surface area contributed by atoms with E-state index in [1.165, 1.54) is 5.56 Å². The highest BCUT2D eigenvalue weighted by Gasteiger charge is 2.20. The molecule has 2 N–H and O–H groups in total. The second kappa shape index (κ2) is 6.57. The van der Waals surface area contributed by atoms with E-state index in [4.69, 9.17) is 10.8 Å². The number of piperazine rings is 1. The molecule has 1 aromatic carbocycles. The fourth-order valence-electron chi connectivity index (χ4n) is 3.02. The second-order valence-corrected chi connectivity index (χ2v) is 7.87. The summed E-state index contributed by atoms with van der Waals surface area (Å²) in [7, 11) is 2.19. The first-order valence-corrected chi connectivity index (χ1v) is 8.69. The minimum absolute atomic E-state index is 0.00317. The van der Waals surface area contributed by atoms with Crippen LogP contribution in [0.3, 0.4) is 0 Å². The van der Waals surface area contributed by atoms with Gasteiger partial charge in [-0.3, -0.25) is 4.90 Å². The highest BCUT2D eigenvalue weighted by atomic mass is 15.3. The Morgan fingerprint density at radius 3 is 2.42 bits per heavy atom. The molecule has 0 amide bonds. The van der Waals surface area contributed by atoms with Gasteiger partial charge in [-0.25, -0.2) is 4.68 Å². The summed E-state index contributed by atoms with van der Waals surface area (Å²) in [5.41, 5.74) is 9.57. The van der Waals surface area contributed by atoms with E-state index in [0.717, 1.165) is 44.1 Å². The quantitative estimate of drug-likeness (QED) is 0.941. The number of aromatic nitrogens is 2. The topological polar surface area (TPSA) is 50.3 Å². The maximum atomic E-state index is 6.20. The summed E-state index contributed by atoms with van der Waals surface area (Å²) in [5, 5.41) is 4.72. The Hall–Kier alpha value is -1.85. The number of nitrogens with two attached hydrogens (primary N) is 1. The zero-order valence-electron chi connectivity index (χ0n) is 15.3. The lowest BCUT2D eigenvalue weighted by Crippen LogP contribution is -2.43. The van der Waals surface area contributed by atoms with Gasteiger partial charge in [0.05, 0.1) is 11.4 Å². The molecule has 0 radical (unpaired) electrons. The molecule has 130 valence electrons. The van der Waals surface area contributed by atoms with Crippen LogP contribution in [0.2, 0.25) is 0 Å². The molecule has 5 heteroatoms. The number of likely N-dealkylation sites (N-methyl/N-ethyl adjacent to an activating group) is 1. The zero-order valence-corrected chi connectivity index (χ0v) is 15.3. The van der Waals surface area contributed by atoms with Crippen LogP contribution in [0.4, 0.5) is 5.82 Å². The highest BCUT2D eigenvalue weighted by molar-refractivity contribution is 5.45. The van der Waals surface area contributed by atoms with E-state index in [1.807, 2.05) is 10.7 Å². The van der Waals surface area contributed by atoms with Gasteiger partial charge in [0, 0.05) is 44.2 Å². The highest BCUT2D eigenvalue weighted by Crippen LogP contribution is 2.25. The molecule has 2 aromatic rings. The van der Waals surface area contributed by atoms with Gasteiger partial charge in [-0.15, -0.1) is 0 Å². The van der Waals surface area contributed by atoms with E-state index >= 15 is 0 Å². The standard InChI is InChI=1S/C19H29N5/c1-19(2,3)17-13-18(20)24(21-17)16-7-5-6-15(12-16)14-23-10-8-22(4)9-11-23/h5-7,12-13H,8-11,14,20H2,1-4H3. The third-order valence-corrected chi connectivity index (χ3v) is 4.66. The predicted molar refractivity (Wildman–Crippen MR) is 99.5 cm³/mol. The Balaban J connectivity index is 1.79. The minimum atomic E-state index is -0.00317. The van der Waals surface area contributed by atoms with Crippen molar-refractivity contribution in [1.29, 1.82) is 0 Å². The van der Waals surface area contributed by atoms with Gasteiger partial charge in [0.15, 0.2) is 0 Å². The normalized spacial score (nSPS) is 17.3. The lowest BCUT2D eigenvalue weighted by molar-refractivity contribution is 0.148. The molecule has 1 saturated heterocycles. The van der Waals surface area contributed by atoms with Crippen LogP contribution in [-0.4, -0.2) is 52.8 Å². The summed E-state index contributed by atoms with van der Waals surface area (Å²) in [6.07, 6.45) is 0. The van der Waals surface area contributed by atoms with Crippen molar-refractivity contribution < 1.29 is 0 Å². The van der Waals surface area contributed by atoms with Gasteiger partial charge in [-0.05, 0) is 24.7 Å². The molecule has 24 heavy (non-hydrogen) atoms. The Bertz CT molecular complexity index is 690. The maximum Gasteiger partial charge on any atom is 0.127 e. The molecule has 1 aromatic heterocycles. The molecule has 0 aliphatic carbocycles. The number of rotatable bonds is 3. The zero-order chi connectivity index (χ0) is 17.3. The van der Waals surface area contributed by atoms with Crippen LogP contribution in [-0.2, 0) is 12.0 Å². The summed E-state index contributed by atoms with van der Waals surface area (Å²) in [6, 6.07) is 10.5. The molecule has 0 saturated carbocycles. The number of benzene rings is 1. The average molecular weight is 327 g/mol.